The predicted octanol–water partition coefficient (Wildman–Crippen LogP) is 2.16. The maximum absolute atomic E-state index is 10.7. The van der Waals surface area contributed by atoms with Crippen LogP contribution in [0, 0.1) is 5.92 Å². The van der Waals surface area contributed by atoms with Crippen molar-refractivity contribution >= 4 is 22.0 Å². The van der Waals surface area contributed by atoms with Crippen molar-refractivity contribution in [1.82, 2.24) is 4.90 Å². The Hall–Kier alpha value is -0.250. The highest BCUT2D eigenvalue weighted by Crippen LogP contribution is 2.23. The molecule has 12 heavy (non-hydrogen) atoms. The Bertz CT molecular complexity index is 174. The molecule has 0 aromatic rings. The summed E-state index contributed by atoms with van der Waals surface area (Å²) in [5, 5.41) is 9.77. The van der Waals surface area contributed by atoms with E-state index in [0.29, 0.717) is 12.5 Å². The summed E-state index contributed by atoms with van der Waals surface area (Å²) in [5.41, 5.74) is 0. The summed E-state index contributed by atoms with van der Waals surface area (Å²) in [6.07, 6.45) is 1.19. The third kappa shape index (κ3) is 2.12. The van der Waals surface area contributed by atoms with Gasteiger partial charge in [0.25, 0.3) is 0 Å². The number of alkyl halides is 1. The quantitative estimate of drug-likeness (QED) is 0.708. The maximum Gasteiger partial charge on any atom is 0.407 e. The lowest BCUT2D eigenvalue weighted by Gasteiger charge is -2.35. The molecule has 0 saturated carbocycles. The molecular formula is C8H14BrNO2. The number of piperidine rings is 1. The van der Waals surface area contributed by atoms with Crippen LogP contribution in [0.1, 0.15) is 19.8 Å². The topological polar surface area (TPSA) is 40.5 Å². The SMILES string of the molecule is C[C@@H]1CC(CBr)CCN1C(=O)O. The summed E-state index contributed by atoms with van der Waals surface area (Å²) in [6, 6.07) is 0.179. The second kappa shape index (κ2) is 4.12. The monoisotopic (exact) mass is 235 g/mol. The molecule has 1 aliphatic heterocycles. The first-order valence-electron chi connectivity index (χ1n) is 4.20. The Kier molecular flexibility index (Phi) is 3.38. The molecule has 3 nitrogen and oxygen atoms in total. The van der Waals surface area contributed by atoms with Gasteiger partial charge in [-0.15, -0.1) is 0 Å². The molecule has 1 N–H and O–H groups in total. The van der Waals surface area contributed by atoms with Crippen molar-refractivity contribution in [1.29, 1.82) is 0 Å². The fourth-order valence-corrected chi connectivity index (χ4v) is 2.28. The second-order valence-corrected chi connectivity index (χ2v) is 4.02. The van der Waals surface area contributed by atoms with Crippen LogP contribution >= 0.6 is 15.9 Å². The zero-order chi connectivity index (χ0) is 9.14. The number of halogens is 1. The Morgan fingerprint density at radius 2 is 2.42 bits per heavy atom. The van der Waals surface area contributed by atoms with E-state index in [2.05, 4.69) is 15.9 Å². The van der Waals surface area contributed by atoms with Crippen LogP contribution in [0.3, 0.4) is 0 Å². The average Bonchev–Trinajstić information content (AvgIpc) is 2.03. The van der Waals surface area contributed by atoms with Crippen molar-refractivity contribution in [3.8, 4) is 0 Å². The van der Waals surface area contributed by atoms with E-state index < -0.39 is 6.09 Å². The van der Waals surface area contributed by atoms with Gasteiger partial charge in [-0.2, -0.15) is 0 Å². The van der Waals surface area contributed by atoms with E-state index >= 15 is 0 Å². The van der Waals surface area contributed by atoms with E-state index in [-0.39, 0.29) is 6.04 Å². The van der Waals surface area contributed by atoms with Crippen molar-refractivity contribution in [2.45, 2.75) is 25.8 Å². The van der Waals surface area contributed by atoms with Gasteiger partial charge in [-0.25, -0.2) is 4.79 Å². The zero-order valence-electron chi connectivity index (χ0n) is 7.16. The van der Waals surface area contributed by atoms with Crippen LogP contribution < -0.4 is 0 Å². The number of carbonyl (C=O) groups is 1. The molecule has 1 rings (SSSR count). The number of amides is 1. The zero-order valence-corrected chi connectivity index (χ0v) is 8.75. The maximum atomic E-state index is 10.7. The van der Waals surface area contributed by atoms with Crippen molar-refractivity contribution in [3.63, 3.8) is 0 Å². The van der Waals surface area contributed by atoms with E-state index in [9.17, 15) is 4.79 Å². The summed E-state index contributed by atoms with van der Waals surface area (Å²) < 4.78 is 0. The molecule has 0 aromatic carbocycles. The van der Waals surface area contributed by atoms with Gasteiger partial charge in [0.05, 0.1) is 0 Å². The van der Waals surface area contributed by atoms with Crippen LogP contribution in [0.25, 0.3) is 0 Å². The highest BCUT2D eigenvalue weighted by atomic mass is 79.9. The van der Waals surface area contributed by atoms with E-state index in [1.54, 1.807) is 0 Å². The summed E-state index contributed by atoms with van der Waals surface area (Å²) in [7, 11) is 0. The lowest BCUT2D eigenvalue weighted by atomic mass is 9.94. The largest absolute Gasteiger partial charge is 0.465 e. The molecule has 0 radical (unpaired) electrons. The Morgan fingerprint density at radius 1 is 1.75 bits per heavy atom. The van der Waals surface area contributed by atoms with Crippen molar-refractivity contribution < 1.29 is 9.90 Å². The van der Waals surface area contributed by atoms with Crippen LogP contribution in [-0.4, -0.2) is 34.0 Å². The van der Waals surface area contributed by atoms with Crippen LogP contribution in [0.15, 0.2) is 0 Å². The third-order valence-electron chi connectivity index (χ3n) is 2.45. The molecule has 4 heteroatoms. The Labute approximate surface area is 80.9 Å². The number of rotatable bonds is 1. The molecular weight excluding hydrogens is 222 g/mol. The van der Waals surface area contributed by atoms with Crippen molar-refractivity contribution in [2.75, 3.05) is 11.9 Å². The molecule has 0 aliphatic carbocycles. The molecule has 0 bridgehead atoms. The van der Waals surface area contributed by atoms with Gasteiger partial charge in [-0.3, -0.25) is 0 Å². The van der Waals surface area contributed by atoms with Gasteiger partial charge >= 0.3 is 6.09 Å². The average molecular weight is 236 g/mol. The van der Waals surface area contributed by atoms with Gasteiger partial charge < -0.3 is 10.0 Å². The van der Waals surface area contributed by atoms with Crippen LogP contribution in [-0.2, 0) is 0 Å². The molecule has 1 amide bonds. The predicted molar refractivity (Wildman–Crippen MR) is 50.7 cm³/mol. The van der Waals surface area contributed by atoms with Crippen molar-refractivity contribution in [3.05, 3.63) is 0 Å². The van der Waals surface area contributed by atoms with E-state index in [1.807, 2.05) is 6.92 Å². The summed E-state index contributed by atoms with van der Waals surface area (Å²) in [5.74, 6) is 0.649. The standard InChI is InChI=1S/C8H14BrNO2/c1-6-4-7(5-9)2-3-10(6)8(11)12/h6-7H,2-5H2,1H3,(H,11,12)/t6-,7?/m1/s1. The van der Waals surface area contributed by atoms with Gasteiger partial charge in [0.1, 0.15) is 0 Å². The van der Waals surface area contributed by atoms with Crippen LogP contribution in [0.5, 0.6) is 0 Å². The molecule has 1 saturated heterocycles. The van der Waals surface area contributed by atoms with Gasteiger partial charge in [-0.1, -0.05) is 15.9 Å². The minimum atomic E-state index is -0.782. The fourth-order valence-electron chi connectivity index (χ4n) is 1.69. The second-order valence-electron chi connectivity index (χ2n) is 3.37. The minimum Gasteiger partial charge on any atom is -0.465 e. The van der Waals surface area contributed by atoms with Gasteiger partial charge in [-0.05, 0) is 25.7 Å². The van der Waals surface area contributed by atoms with Gasteiger partial charge in [0.15, 0.2) is 0 Å². The van der Waals surface area contributed by atoms with Gasteiger partial charge in [0.2, 0.25) is 0 Å². The van der Waals surface area contributed by atoms with Crippen molar-refractivity contribution in [2.24, 2.45) is 5.92 Å². The number of nitrogens with zero attached hydrogens (tertiary/aromatic N) is 1. The lowest BCUT2D eigenvalue weighted by molar-refractivity contribution is 0.100. The molecule has 0 aromatic heterocycles. The Morgan fingerprint density at radius 3 is 2.83 bits per heavy atom. The minimum absolute atomic E-state index is 0.179. The first kappa shape index (κ1) is 9.84. The van der Waals surface area contributed by atoms with Crippen LogP contribution in [0.4, 0.5) is 4.79 Å². The molecule has 2 atom stereocenters. The first-order chi connectivity index (χ1) is 5.65. The third-order valence-corrected chi connectivity index (χ3v) is 3.36. The fraction of sp³-hybridized carbons (Fsp3) is 0.875. The van der Waals surface area contributed by atoms with E-state index in [0.717, 1.165) is 18.2 Å². The lowest BCUT2D eigenvalue weighted by Crippen LogP contribution is -2.44. The summed E-state index contributed by atoms with van der Waals surface area (Å²) in [4.78, 5) is 12.2. The molecule has 70 valence electrons. The molecule has 1 aliphatic rings. The highest BCUT2D eigenvalue weighted by molar-refractivity contribution is 9.09. The highest BCUT2D eigenvalue weighted by Gasteiger charge is 2.27. The first-order valence-corrected chi connectivity index (χ1v) is 5.32. The van der Waals surface area contributed by atoms with Gasteiger partial charge in [0, 0.05) is 17.9 Å². The number of likely N-dealkylation sites (tertiary alicyclic amines) is 1. The van der Waals surface area contributed by atoms with E-state index in [4.69, 9.17) is 5.11 Å². The number of carboxylic acid groups (broad SMARTS) is 1. The molecule has 1 heterocycles. The van der Waals surface area contributed by atoms with E-state index in [1.165, 1.54) is 4.90 Å². The normalized spacial score (nSPS) is 30.3. The summed E-state index contributed by atoms with van der Waals surface area (Å²) >= 11 is 3.43. The smallest absolute Gasteiger partial charge is 0.407 e. The number of hydrogen-bond donors (Lipinski definition) is 1. The molecule has 1 unspecified atom stereocenters. The number of hydrogen-bond acceptors (Lipinski definition) is 1. The molecule has 0 spiro atoms. The molecule has 1 fully saturated rings. The summed E-state index contributed by atoms with van der Waals surface area (Å²) in [6.45, 7) is 2.66. The van der Waals surface area contributed by atoms with Crippen LogP contribution in [0.2, 0.25) is 0 Å². The Balaban J connectivity index is 2.47.